The summed E-state index contributed by atoms with van der Waals surface area (Å²) in [4.78, 5) is 24.2. The summed E-state index contributed by atoms with van der Waals surface area (Å²) in [5.74, 6) is -2.60. The van der Waals surface area contributed by atoms with Crippen molar-refractivity contribution in [3.8, 4) is 5.75 Å². The SMILES string of the molecule is COC(=O)[C@@H](Cc1ccc(OC)c(Cl)c1)NC(=O)Cc1c(F)cccc1F. The van der Waals surface area contributed by atoms with E-state index in [4.69, 9.17) is 21.1 Å². The van der Waals surface area contributed by atoms with Crippen molar-refractivity contribution < 1.29 is 27.8 Å². The van der Waals surface area contributed by atoms with Crippen molar-refractivity contribution in [1.82, 2.24) is 5.32 Å². The first-order valence-electron chi connectivity index (χ1n) is 7.98. The normalized spacial score (nSPS) is 11.6. The molecule has 0 saturated carbocycles. The van der Waals surface area contributed by atoms with E-state index in [1.54, 1.807) is 18.2 Å². The Kier molecular flexibility index (Phi) is 7.12. The van der Waals surface area contributed by atoms with E-state index >= 15 is 0 Å². The Balaban J connectivity index is 2.13. The Labute approximate surface area is 160 Å². The van der Waals surface area contributed by atoms with Crippen molar-refractivity contribution >= 4 is 23.5 Å². The summed E-state index contributed by atoms with van der Waals surface area (Å²) in [6.45, 7) is 0. The van der Waals surface area contributed by atoms with Gasteiger partial charge in [0, 0.05) is 12.0 Å². The number of esters is 1. The van der Waals surface area contributed by atoms with E-state index in [0.29, 0.717) is 16.3 Å². The van der Waals surface area contributed by atoms with Crippen LogP contribution in [0.5, 0.6) is 5.75 Å². The van der Waals surface area contributed by atoms with Crippen LogP contribution in [0.1, 0.15) is 11.1 Å². The second kappa shape index (κ2) is 9.32. The van der Waals surface area contributed by atoms with Crippen molar-refractivity contribution in [2.45, 2.75) is 18.9 Å². The van der Waals surface area contributed by atoms with Gasteiger partial charge in [0.25, 0.3) is 0 Å². The number of nitrogens with one attached hydrogen (secondary N) is 1. The van der Waals surface area contributed by atoms with Gasteiger partial charge in [0.2, 0.25) is 5.91 Å². The van der Waals surface area contributed by atoms with E-state index in [1.165, 1.54) is 20.3 Å². The van der Waals surface area contributed by atoms with Crippen LogP contribution < -0.4 is 10.1 Å². The molecule has 0 spiro atoms. The third kappa shape index (κ3) is 5.40. The molecule has 144 valence electrons. The van der Waals surface area contributed by atoms with Crippen molar-refractivity contribution in [2.75, 3.05) is 14.2 Å². The molecule has 0 aliphatic carbocycles. The molecule has 0 fully saturated rings. The number of hydrogen-bond acceptors (Lipinski definition) is 4. The quantitative estimate of drug-likeness (QED) is 0.729. The predicted molar refractivity (Wildman–Crippen MR) is 95.7 cm³/mol. The van der Waals surface area contributed by atoms with Gasteiger partial charge in [-0.3, -0.25) is 4.79 Å². The zero-order chi connectivity index (χ0) is 20.0. The van der Waals surface area contributed by atoms with Gasteiger partial charge in [-0.2, -0.15) is 0 Å². The zero-order valence-electron chi connectivity index (χ0n) is 14.7. The fourth-order valence-corrected chi connectivity index (χ4v) is 2.80. The molecule has 0 heterocycles. The van der Waals surface area contributed by atoms with E-state index in [-0.39, 0.29) is 12.0 Å². The topological polar surface area (TPSA) is 64.6 Å². The predicted octanol–water partition coefficient (Wildman–Crippen LogP) is 3.07. The zero-order valence-corrected chi connectivity index (χ0v) is 15.5. The lowest BCUT2D eigenvalue weighted by Crippen LogP contribution is -2.43. The summed E-state index contributed by atoms with van der Waals surface area (Å²) in [5, 5.41) is 2.79. The van der Waals surface area contributed by atoms with Crippen LogP contribution in [0, 0.1) is 11.6 Å². The Morgan fingerprint density at radius 3 is 2.37 bits per heavy atom. The Hall–Kier alpha value is -2.67. The summed E-state index contributed by atoms with van der Waals surface area (Å²) in [6.07, 6.45) is -0.461. The van der Waals surface area contributed by atoms with Crippen LogP contribution in [-0.2, 0) is 27.2 Å². The van der Waals surface area contributed by atoms with Gasteiger partial charge in [-0.1, -0.05) is 23.7 Å². The van der Waals surface area contributed by atoms with Crippen molar-refractivity contribution in [3.63, 3.8) is 0 Å². The van der Waals surface area contributed by atoms with Crippen LogP contribution in [0.2, 0.25) is 5.02 Å². The molecule has 2 aromatic carbocycles. The molecule has 2 rings (SSSR count). The minimum atomic E-state index is -1.04. The molecule has 5 nitrogen and oxygen atoms in total. The fraction of sp³-hybridized carbons (Fsp3) is 0.263. The maximum Gasteiger partial charge on any atom is 0.328 e. The van der Waals surface area contributed by atoms with Crippen LogP contribution in [-0.4, -0.2) is 32.1 Å². The lowest BCUT2D eigenvalue weighted by atomic mass is 10.0. The van der Waals surface area contributed by atoms with Gasteiger partial charge in [-0.05, 0) is 29.8 Å². The molecular formula is C19H18ClF2NO4. The largest absolute Gasteiger partial charge is 0.495 e. The Morgan fingerprint density at radius 1 is 1.15 bits per heavy atom. The first-order chi connectivity index (χ1) is 12.8. The lowest BCUT2D eigenvalue weighted by molar-refractivity contribution is -0.145. The third-order valence-electron chi connectivity index (χ3n) is 3.88. The summed E-state index contributed by atoms with van der Waals surface area (Å²) in [5.41, 5.74) is 0.277. The van der Waals surface area contributed by atoms with Crippen LogP contribution in [0.15, 0.2) is 36.4 Å². The maximum atomic E-state index is 13.7. The highest BCUT2D eigenvalue weighted by Gasteiger charge is 2.23. The van der Waals surface area contributed by atoms with Crippen molar-refractivity contribution in [2.24, 2.45) is 0 Å². The van der Waals surface area contributed by atoms with Crippen molar-refractivity contribution in [1.29, 1.82) is 0 Å². The number of carbonyl (C=O) groups is 2. The van der Waals surface area contributed by atoms with Gasteiger partial charge in [0.05, 0.1) is 25.7 Å². The molecule has 2 aromatic rings. The highest BCUT2D eigenvalue weighted by Crippen LogP contribution is 2.25. The summed E-state index contributed by atoms with van der Waals surface area (Å²) < 4.78 is 37.2. The summed E-state index contributed by atoms with van der Waals surface area (Å²) >= 11 is 6.06. The highest BCUT2D eigenvalue weighted by atomic mass is 35.5. The van der Waals surface area contributed by atoms with Gasteiger partial charge in [-0.25, -0.2) is 13.6 Å². The molecule has 0 saturated heterocycles. The molecule has 0 radical (unpaired) electrons. The number of amides is 1. The monoisotopic (exact) mass is 397 g/mol. The number of hydrogen-bond donors (Lipinski definition) is 1. The molecule has 27 heavy (non-hydrogen) atoms. The minimum Gasteiger partial charge on any atom is -0.495 e. The maximum absolute atomic E-state index is 13.7. The first kappa shape index (κ1) is 20.6. The Morgan fingerprint density at radius 2 is 1.81 bits per heavy atom. The second-order valence-electron chi connectivity index (χ2n) is 5.69. The number of benzene rings is 2. The molecule has 1 N–H and O–H groups in total. The molecule has 1 amide bonds. The molecule has 1 atom stereocenters. The van der Waals surface area contributed by atoms with Gasteiger partial charge in [0.15, 0.2) is 0 Å². The summed E-state index contributed by atoms with van der Waals surface area (Å²) in [6, 6.07) is 7.19. The van der Waals surface area contributed by atoms with Crippen molar-refractivity contribution in [3.05, 3.63) is 64.2 Å². The van der Waals surface area contributed by atoms with Crippen LogP contribution in [0.3, 0.4) is 0 Å². The Bertz CT molecular complexity index is 824. The highest BCUT2D eigenvalue weighted by molar-refractivity contribution is 6.32. The lowest BCUT2D eigenvalue weighted by Gasteiger charge is -2.17. The van der Waals surface area contributed by atoms with Gasteiger partial charge < -0.3 is 14.8 Å². The third-order valence-corrected chi connectivity index (χ3v) is 4.17. The molecule has 0 aliphatic heterocycles. The van der Waals surface area contributed by atoms with E-state index in [2.05, 4.69) is 5.32 Å². The van der Waals surface area contributed by atoms with Gasteiger partial charge in [-0.15, -0.1) is 0 Å². The molecule has 0 aliphatic rings. The minimum absolute atomic E-state index is 0.0852. The number of rotatable bonds is 7. The summed E-state index contributed by atoms with van der Waals surface area (Å²) in [7, 11) is 2.65. The van der Waals surface area contributed by atoms with E-state index in [9.17, 15) is 18.4 Å². The van der Waals surface area contributed by atoms with Gasteiger partial charge >= 0.3 is 5.97 Å². The smallest absolute Gasteiger partial charge is 0.328 e. The number of halogens is 3. The van der Waals surface area contributed by atoms with Gasteiger partial charge in [0.1, 0.15) is 23.4 Å². The van der Waals surface area contributed by atoms with E-state index in [0.717, 1.165) is 12.1 Å². The fourth-order valence-electron chi connectivity index (χ4n) is 2.52. The average Bonchev–Trinajstić information content (AvgIpc) is 2.64. The first-order valence-corrected chi connectivity index (χ1v) is 8.36. The molecule has 0 bridgehead atoms. The van der Waals surface area contributed by atoms with Crippen LogP contribution in [0.4, 0.5) is 8.78 Å². The molecular weight excluding hydrogens is 380 g/mol. The number of methoxy groups -OCH3 is 2. The van der Waals surface area contributed by atoms with Crippen LogP contribution in [0.25, 0.3) is 0 Å². The second-order valence-corrected chi connectivity index (χ2v) is 6.10. The molecule has 0 aromatic heterocycles. The number of carbonyl (C=O) groups excluding carboxylic acids is 2. The molecule has 8 heteroatoms. The van der Waals surface area contributed by atoms with Crippen LogP contribution >= 0.6 is 11.6 Å². The van der Waals surface area contributed by atoms with E-state index in [1.807, 2.05) is 0 Å². The molecule has 0 unspecified atom stereocenters. The average molecular weight is 398 g/mol. The number of ether oxygens (including phenoxy) is 2. The standard InChI is InChI=1S/C19H18ClF2NO4/c1-26-17-7-6-11(8-13(17)20)9-16(19(25)27-2)23-18(24)10-12-14(21)4-3-5-15(12)22/h3-8,16H,9-10H2,1-2H3,(H,23,24)/t16-/m1/s1. The van der Waals surface area contributed by atoms with E-state index < -0.39 is 36.0 Å².